The van der Waals surface area contributed by atoms with Gasteiger partial charge >= 0.3 is 0 Å². The van der Waals surface area contributed by atoms with Gasteiger partial charge in [-0.25, -0.2) is 9.67 Å². The van der Waals surface area contributed by atoms with E-state index in [0.717, 1.165) is 24.1 Å². The van der Waals surface area contributed by atoms with Crippen molar-refractivity contribution < 1.29 is 4.79 Å². The fourth-order valence-electron chi connectivity index (χ4n) is 4.01. The summed E-state index contributed by atoms with van der Waals surface area (Å²) in [5.74, 6) is 0.507. The molecule has 7 heteroatoms. The van der Waals surface area contributed by atoms with E-state index in [-0.39, 0.29) is 23.9 Å². The predicted octanol–water partition coefficient (Wildman–Crippen LogP) is 2.98. The molecule has 1 aliphatic rings. The first kappa shape index (κ1) is 19.4. The van der Waals surface area contributed by atoms with Crippen LogP contribution in [0.15, 0.2) is 41.6 Å². The van der Waals surface area contributed by atoms with Crippen LogP contribution in [0.1, 0.15) is 44.6 Å². The molecule has 2 aromatic heterocycles. The summed E-state index contributed by atoms with van der Waals surface area (Å²) < 4.78 is 3.16. The highest BCUT2D eigenvalue weighted by molar-refractivity contribution is 5.77. The number of rotatable bonds is 5. The summed E-state index contributed by atoms with van der Waals surface area (Å²) in [6.07, 6.45) is 7.93. The van der Waals surface area contributed by atoms with Gasteiger partial charge in [0.15, 0.2) is 5.65 Å². The fourth-order valence-corrected chi connectivity index (χ4v) is 4.01. The first-order valence-corrected chi connectivity index (χ1v) is 10.3. The molecule has 0 radical (unpaired) electrons. The molecule has 0 bridgehead atoms. The van der Waals surface area contributed by atoms with Gasteiger partial charge in [0.2, 0.25) is 5.91 Å². The molecule has 3 aromatic rings. The number of aromatic nitrogens is 4. The monoisotopic (exact) mass is 393 g/mol. The summed E-state index contributed by atoms with van der Waals surface area (Å²) in [6.45, 7) is 4.52. The maximum Gasteiger partial charge on any atom is 0.264 e. The van der Waals surface area contributed by atoms with Crippen molar-refractivity contribution >= 4 is 16.9 Å². The van der Waals surface area contributed by atoms with Gasteiger partial charge in [-0.05, 0) is 37.8 Å². The van der Waals surface area contributed by atoms with Crippen molar-refractivity contribution in [1.82, 2.24) is 24.6 Å². The maximum atomic E-state index is 12.8. The second kappa shape index (κ2) is 8.19. The molecule has 1 aromatic carbocycles. The van der Waals surface area contributed by atoms with E-state index < -0.39 is 0 Å². The number of hydrogen-bond acceptors (Lipinski definition) is 4. The van der Waals surface area contributed by atoms with E-state index in [4.69, 9.17) is 0 Å². The summed E-state index contributed by atoms with van der Waals surface area (Å²) in [5.41, 5.74) is 2.36. The normalized spacial score (nSPS) is 19.4. The molecule has 1 fully saturated rings. The van der Waals surface area contributed by atoms with Gasteiger partial charge in [0.05, 0.1) is 18.2 Å². The number of benzene rings is 1. The van der Waals surface area contributed by atoms with Crippen molar-refractivity contribution in [2.24, 2.45) is 5.92 Å². The van der Waals surface area contributed by atoms with Crippen molar-refractivity contribution in [2.75, 3.05) is 0 Å². The molecule has 4 rings (SSSR count). The minimum Gasteiger partial charge on any atom is -0.353 e. The molecule has 2 unspecified atom stereocenters. The second-order valence-electron chi connectivity index (χ2n) is 8.06. The Labute approximate surface area is 169 Å². The minimum atomic E-state index is -0.174. The van der Waals surface area contributed by atoms with E-state index in [0.29, 0.717) is 23.5 Å². The highest BCUT2D eigenvalue weighted by Crippen LogP contribution is 2.23. The van der Waals surface area contributed by atoms with Gasteiger partial charge in [0, 0.05) is 19.0 Å². The summed E-state index contributed by atoms with van der Waals surface area (Å²) in [7, 11) is 0. The number of fused-ring (bicyclic) bond motifs is 1. The van der Waals surface area contributed by atoms with Crippen LogP contribution >= 0.6 is 0 Å². The molecule has 0 spiro atoms. The molecule has 0 aliphatic heterocycles. The van der Waals surface area contributed by atoms with Gasteiger partial charge < -0.3 is 5.32 Å². The summed E-state index contributed by atoms with van der Waals surface area (Å²) in [6, 6.07) is 8.14. The first-order chi connectivity index (χ1) is 14.0. The van der Waals surface area contributed by atoms with Crippen molar-refractivity contribution in [1.29, 1.82) is 0 Å². The van der Waals surface area contributed by atoms with Gasteiger partial charge in [-0.1, -0.05) is 37.5 Å². The number of aryl methyl sites for hydroxylation is 2. The Balaban J connectivity index is 1.47. The lowest BCUT2D eigenvalue weighted by atomic mass is 9.86. The summed E-state index contributed by atoms with van der Waals surface area (Å²) in [5, 5.41) is 7.93. The van der Waals surface area contributed by atoms with Gasteiger partial charge in [-0.15, -0.1) is 0 Å². The van der Waals surface area contributed by atoms with E-state index >= 15 is 0 Å². The Morgan fingerprint density at radius 2 is 1.97 bits per heavy atom. The number of carbonyl (C=O) groups excluding carboxylic acids is 1. The maximum absolute atomic E-state index is 12.8. The van der Waals surface area contributed by atoms with Crippen molar-refractivity contribution in [2.45, 2.75) is 58.5 Å². The largest absolute Gasteiger partial charge is 0.353 e. The quantitative estimate of drug-likeness (QED) is 0.722. The predicted molar refractivity (Wildman–Crippen MR) is 112 cm³/mol. The SMILES string of the molecule is Cc1ccc(-n2ncc3c(=O)n(CCC(=O)NC4CCCCC4C)cnc32)cc1. The topological polar surface area (TPSA) is 81.8 Å². The number of amides is 1. The van der Waals surface area contributed by atoms with Crippen LogP contribution in [0, 0.1) is 12.8 Å². The van der Waals surface area contributed by atoms with Gasteiger partial charge in [0.25, 0.3) is 5.56 Å². The van der Waals surface area contributed by atoms with Gasteiger partial charge in [-0.3, -0.25) is 14.2 Å². The van der Waals surface area contributed by atoms with Crippen LogP contribution in [0.5, 0.6) is 0 Å². The lowest BCUT2D eigenvalue weighted by molar-refractivity contribution is -0.122. The van der Waals surface area contributed by atoms with Crippen LogP contribution in [0.25, 0.3) is 16.7 Å². The molecule has 1 N–H and O–H groups in total. The lowest BCUT2D eigenvalue weighted by Gasteiger charge is -2.29. The van der Waals surface area contributed by atoms with Gasteiger partial charge in [-0.2, -0.15) is 5.10 Å². The third-order valence-electron chi connectivity index (χ3n) is 5.87. The van der Waals surface area contributed by atoms with Crippen molar-refractivity contribution in [3.8, 4) is 5.69 Å². The average Bonchev–Trinajstić information content (AvgIpc) is 3.15. The molecule has 1 aliphatic carbocycles. The number of hydrogen-bond donors (Lipinski definition) is 1. The lowest BCUT2D eigenvalue weighted by Crippen LogP contribution is -2.41. The van der Waals surface area contributed by atoms with E-state index in [2.05, 4.69) is 22.3 Å². The number of nitrogens with zero attached hydrogens (tertiary/aromatic N) is 4. The van der Waals surface area contributed by atoms with E-state index in [1.807, 2.05) is 31.2 Å². The molecular formula is C22H27N5O2. The van der Waals surface area contributed by atoms with Crippen molar-refractivity contribution in [3.05, 3.63) is 52.7 Å². The molecule has 1 saturated carbocycles. The standard InChI is InChI=1S/C22H27N5O2/c1-15-7-9-17(10-8-15)27-21-18(13-24-27)22(29)26(14-23-21)12-11-20(28)25-19-6-4-3-5-16(19)2/h7-10,13-14,16,19H,3-6,11-12H2,1-2H3,(H,25,28). The summed E-state index contributed by atoms with van der Waals surface area (Å²) >= 11 is 0. The van der Waals surface area contributed by atoms with E-state index in [1.54, 1.807) is 10.9 Å². The molecule has 1 amide bonds. The minimum absolute atomic E-state index is 0.00824. The zero-order valence-electron chi connectivity index (χ0n) is 17.0. The van der Waals surface area contributed by atoms with Crippen LogP contribution in [-0.4, -0.2) is 31.3 Å². The highest BCUT2D eigenvalue weighted by atomic mass is 16.2. The number of nitrogens with one attached hydrogen (secondary N) is 1. The molecular weight excluding hydrogens is 366 g/mol. The Morgan fingerprint density at radius 1 is 1.21 bits per heavy atom. The van der Waals surface area contributed by atoms with Gasteiger partial charge in [0.1, 0.15) is 5.39 Å². The molecule has 0 saturated heterocycles. The highest BCUT2D eigenvalue weighted by Gasteiger charge is 2.22. The smallest absolute Gasteiger partial charge is 0.264 e. The van der Waals surface area contributed by atoms with Crippen LogP contribution in [0.2, 0.25) is 0 Å². The summed E-state index contributed by atoms with van der Waals surface area (Å²) in [4.78, 5) is 29.6. The Kier molecular flexibility index (Phi) is 5.47. The third kappa shape index (κ3) is 4.09. The Hall–Kier alpha value is -2.96. The number of carbonyl (C=O) groups is 1. The molecule has 29 heavy (non-hydrogen) atoms. The van der Waals surface area contributed by atoms with Crippen molar-refractivity contribution in [3.63, 3.8) is 0 Å². The zero-order chi connectivity index (χ0) is 20.4. The molecule has 2 atom stereocenters. The van der Waals surface area contributed by atoms with Crippen LogP contribution < -0.4 is 10.9 Å². The average molecular weight is 393 g/mol. The van der Waals surface area contributed by atoms with E-state index in [9.17, 15) is 9.59 Å². The zero-order valence-corrected chi connectivity index (χ0v) is 17.0. The molecule has 7 nitrogen and oxygen atoms in total. The second-order valence-corrected chi connectivity index (χ2v) is 8.06. The van der Waals surface area contributed by atoms with E-state index in [1.165, 1.54) is 23.7 Å². The fraction of sp³-hybridized carbons (Fsp3) is 0.455. The van der Waals surface area contributed by atoms with Crippen LogP contribution in [0.4, 0.5) is 0 Å². The third-order valence-corrected chi connectivity index (χ3v) is 5.87. The first-order valence-electron chi connectivity index (χ1n) is 10.3. The Morgan fingerprint density at radius 3 is 2.72 bits per heavy atom. The molecule has 152 valence electrons. The van der Waals surface area contributed by atoms with Crippen LogP contribution in [-0.2, 0) is 11.3 Å². The Bertz CT molecular complexity index is 1070. The van der Waals surface area contributed by atoms with Crippen LogP contribution in [0.3, 0.4) is 0 Å². The molecule has 2 heterocycles.